The Labute approximate surface area is 127 Å². The zero-order valence-corrected chi connectivity index (χ0v) is 13.3. The summed E-state index contributed by atoms with van der Waals surface area (Å²) in [6, 6.07) is 3.86. The van der Waals surface area contributed by atoms with Crippen LogP contribution in [0.1, 0.15) is 18.2 Å². The second-order valence-corrected chi connectivity index (χ2v) is 7.12. The number of rotatable bonds is 7. The van der Waals surface area contributed by atoms with Crippen LogP contribution in [0.15, 0.2) is 18.3 Å². The molecule has 0 aliphatic carbocycles. The largest absolute Gasteiger partial charge is 0.314 e. The number of piperazine rings is 1. The summed E-state index contributed by atoms with van der Waals surface area (Å²) in [4.78, 5) is 6.43. The Bertz CT molecular complexity index is 542. The highest BCUT2D eigenvalue weighted by Gasteiger charge is 2.15. The van der Waals surface area contributed by atoms with Gasteiger partial charge in [0.05, 0.1) is 18.0 Å². The van der Waals surface area contributed by atoms with Crippen molar-refractivity contribution in [2.24, 2.45) is 0 Å². The molecule has 2 N–H and O–H groups in total. The van der Waals surface area contributed by atoms with Crippen molar-refractivity contribution in [2.75, 3.05) is 38.5 Å². The molecule has 1 aliphatic rings. The van der Waals surface area contributed by atoms with Gasteiger partial charge in [0.1, 0.15) is 0 Å². The molecule has 0 bridgehead atoms. The summed E-state index contributed by atoms with van der Waals surface area (Å²) in [6.45, 7) is 6.58. The van der Waals surface area contributed by atoms with Gasteiger partial charge in [0.15, 0.2) is 0 Å². The predicted molar refractivity (Wildman–Crippen MR) is 83.6 cm³/mol. The highest BCUT2D eigenvalue weighted by atomic mass is 32.2. The van der Waals surface area contributed by atoms with Crippen molar-refractivity contribution in [2.45, 2.75) is 19.9 Å². The molecule has 0 saturated carbocycles. The Morgan fingerprint density at radius 1 is 1.38 bits per heavy atom. The van der Waals surface area contributed by atoms with Crippen LogP contribution in [0.25, 0.3) is 0 Å². The summed E-state index contributed by atoms with van der Waals surface area (Å²) in [6.07, 6.45) is 2.55. The van der Waals surface area contributed by atoms with E-state index in [1.165, 1.54) is 0 Å². The molecule has 0 radical (unpaired) electrons. The van der Waals surface area contributed by atoms with Gasteiger partial charge in [-0.3, -0.25) is 9.88 Å². The SMILES string of the molecule is CCc1cccnc1CNS(=O)(=O)CCN1CCNCC1. The average molecular weight is 312 g/mol. The molecule has 1 fully saturated rings. The first kappa shape index (κ1) is 16.4. The second-order valence-electron chi connectivity index (χ2n) is 5.19. The molecule has 1 aliphatic heterocycles. The van der Waals surface area contributed by atoms with E-state index in [4.69, 9.17) is 0 Å². The van der Waals surface area contributed by atoms with Crippen molar-refractivity contribution in [3.63, 3.8) is 0 Å². The summed E-state index contributed by atoms with van der Waals surface area (Å²) >= 11 is 0. The minimum Gasteiger partial charge on any atom is -0.314 e. The lowest BCUT2D eigenvalue weighted by Gasteiger charge is -2.26. The number of aromatic nitrogens is 1. The first-order valence-corrected chi connectivity index (χ1v) is 9.09. The number of sulfonamides is 1. The van der Waals surface area contributed by atoms with Gasteiger partial charge < -0.3 is 5.32 Å². The lowest BCUT2D eigenvalue weighted by molar-refractivity contribution is 0.253. The standard InChI is InChI=1S/C14H24N4O2S/c1-2-13-4-3-5-16-14(13)12-17-21(19,20)11-10-18-8-6-15-7-9-18/h3-5,15,17H,2,6-12H2,1H3. The molecule has 0 amide bonds. The minimum atomic E-state index is -3.26. The summed E-state index contributed by atoms with van der Waals surface area (Å²) in [5, 5.41) is 3.26. The first-order valence-electron chi connectivity index (χ1n) is 7.44. The fraction of sp³-hybridized carbons (Fsp3) is 0.643. The summed E-state index contributed by atoms with van der Waals surface area (Å²) in [7, 11) is -3.26. The maximum atomic E-state index is 12.1. The second kappa shape index (κ2) is 7.84. The lowest BCUT2D eigenvalue weighted by atomic mass is 10.1. The third-order valence-corrected chi connectivity index (χ3v) is 5.02. The molecule has 0 atom stereocenters. The predicted octanol–water partition coefficient (Wildman–Crippen LogP) is -0.0314. The maximum absolute atomic E-state index is 12.1. The normalized spacial score (nSPS) is 17.0. The number of aryl methyl sites for hydroxylation is 1. The number of hydrogen-bond donors (Lipinski definition) is 2. The molecule has 0 unspecified atom stereocenters. The van der Waals surface area contributed by atoms with Crippen LogP contribution in [0, 0.1) is 0 Å². The van der Waals surface area contributed by atoms with E-state index in [9.17, 15) is 8.42 Å². The molecule has 1 saturated heterocycles. The third-order valence-electron chi connectivity index (χ3n) is 3.71. The summed E-state index contributed by atoms with van der Waals surface area (Å²) in [5.74, 6) is 0.140. The molecule has 2 heterocycles. The van der Waals surface area contributed by atoms with Crippen molar-refractivity contribution in [1.82, 2.24) is 19.9 Å². The molecular weight excluding hydrogens is 288 g/mol. The van der Waals surface area contributed by atoms with E-state index in [1.807, 2.05) is 19.1 Å². The van der Waals surface area contributed by atoms with E-state index in [0.29, 0.717) is 6.54 Å². The number of hydrogen-bond acceptors (Lipinski definition) is 5. The van der Waals surface area contributed by atoms with Gasteiger partial charge in [0.25, 0.3) is 0 Å². The molecule has 2 rings (SSSR count). The molecule has 21 heavy (non-hydrogen) atoms. The van der Waals surface area contributed by atoms with Gasteiger partial charge in [-0.05, 0) is 18.1 Å². The van der Waals surface area contributed by atoms with Crippen molar-refractivity contribution in [3.05, 3.63) is 29.6 Å². The lowest BCUT2D eigenvalue weighted by Crippen LogP contribution is -2.45. The van der Waals surface area contributed by atoms with Crippen molar-refractivity contribution in [3.8, 4) is 0 Å². The van der Waals surface area contributed by atoms with Crippen LogP contribution in [0.4, 0.5) is 0 Å². The van der Waals surface area contributed by atoms with Gasteiger partial charge in [-0.25, -0.2) is 13.1 Å². The Kier molecular flexibility index (Phi) is 6.10. The van der Waals surface area contributed by atoms with E-state index in [0.717, 1.165) is 43.9 Å². The van der Waals surface area contributed by atoms with Crippen LogP contribution < -0.4 is 10.0 Å². The van der Waals surface area contributed by atoms with Gasteiger partial charge >= 0.3 is 0 Å². The maximum Gasteiger partial charge on any atom is 0.213 e. The quantitative estimate of drug-likeness (QED) is 0.739. The summed E-state index contributed by atoms with van der Waals surface area (Å²) < 4.78 is 26.8. The van der Waals surface area contributed by atoms with Crippen molar-refractivity contribution in [1.29, 1.82) is 0 Å². The van der Waals surface area contributed by atoms with Gasteiger partial charge in [0.2, 0.25) is 10.0 Å². The molecule has 0 aromatic carbocycles. The van der Waals surface area contributed by atoms with E-state index >= 15 is 0 Å². The molecule has 118 valence electrons. The Morgan fingerprint density at radius 3 is 2.86 bits per heavy atom. The fourth-order valence-electron chi connectivity index (χ4n) is 2.39. The molecular formula is C14H24N4O2S. The van der Waals surface area contributed by atoms with Gasteiger partial charge in [-0.2, -0.15) is 0 Å². The minimum absolute atomic E-state index is 0.140. The monoisotopic (exact) mass is 312 g/mol. The molecule has 0 spiro atoms. The van der Waals surface area contributed by atoms with Gasteiger partial charge in [0, 0.05) is 38.9 Å². The molecule has 6 nitrogen and oxygen atoms in total. The van der Waals surface area contributed by atoms with Crippen LogP contribution in [-0.4, -0.2) is 56.8 Å². The zero-order chi connectivity index (χ0) is 15.1. The van der Waals surface area contributed by atoms with E-state index in [-0.39, 0.29) is 12.3 Å². The van der Waals surface area contributed by atoms with Crippen LogP contribution in [0.5, 0.6) is 0 Å². The Balaban J connectivity index is 1.83. The van der Waals surface area contributed by atoms with Crippen molar-refractivity contribution >= 4 is 10.0 Å². The van der Waals surface area contributed by atoms with Crippen LogP contribution in [-0.2, 0) is 23.0 Å². The average Bonchev–Trinajstić information content (AvgIpc) is 2.52. The molecule has 1 aromatic heterocycles. The van der Waals surface area contributed by atoms with Crippen LogP contribution >= 0.6 is 0 Å². The van der Waals surface area contributed by atoms with E-state index in [2.05, 4.69) is 19.9 Å². The van der Waals surface area contributed by atoms with Crippen molar-refractivity contribution < 1.29 is 8.42 Å². The van der Waals surface area contributed by atoms with Gasteiger partial charge in [-0.1, -0.05) is 13.0 Å². The Morgan fingerprint density at radius 2 is 2.14 bits per heavy atom. The van der Waals surface area contributed by atoms with Crippen LogP contribution in [0.3, 0.4) is 0 Å². The molecule has 7 heteroatoms. The highest BCUT2D eigenvalue weighted by molar-refractivity contribution is 7.89. The van der Waals surface area contributed by atoms with E-state index < -0.39 is 10.0 Å². The number of pyridine rings is 1. The third kappa shape index (κ3) is 5.35. The smallest absolute Gasteiger partial charge is 0.213 e. The first-order chi connectivity index (χ1) is 10.1. The number of nitrogens with one attached hydrogen (secondary N) is 2. The molecule has 1 aromatic rings. The fourth-order valence-corrected chi connectivity index (χ4v) is 3.39. The topological polar surface area (TPSA) is 74.3 Å². The Hall–Kier alpha value is -1.02. The van der Waals surface area contributed by atoms with E-state index in [1.54, 1.807) is 6.20 Å². The highest BCUT2D eigenvalue weighted by Crippen LogP contribution is 2.06. The van der Waals surface area contributed by atoms with Crippen LogP contribution in [0.2, 0.25) is 0 Å². The zero-order valence-electron chi connectivity index (χ0n) is 12.5. The number of nitrogens with zero attached hydrogens (tertiary/aromatic N) is 2. The summed E-state index contributed by atoms with van der Waals surface area (Å²) in [5.41, 5.74) is 1.90. The van der Waals surface area contributed by atoms with Gasteiger partial charge in [-0.15, -0.1) is 0 Å².